The Hall–Kier alpha value is -1.11. The van der Waals surface area contributed by atoms with E-state index >= 15 is 0 Å². The number of hydrogen-bond acceptors (Lipinski definition) is 1. The van der Waals surface area contributed by atoms with Crippen molar-refractivity contribution in [1.82, 2.24) is 0 Å². The van der Waals surface area contributed by atoms with Gasteiger partial charge in [-0.15, -0.1) is 0 Å². The van der Waals surface area contributed by atoms with Crippen LogP contribution < -0.4 is 0 Å². The zero-order chi connectivity index (χ0) is 14.0. The van der Waals surface area contributed by atoms with E-state index in [9.17, 15) is 4.39 Å². The zero-order valence-corrected chi connectivity index (χ0v) is 13.0. The van der Waals surface area contributed by atoms with Gasteiger partial charge in [0.05, 0.1) is 0 Å². The molecule has 1 nitrogen and oxygen atoms in total. The summed E-state index contributed by atoms with van der Waals surface area (Å²) in [4.78, 5) is 0. The average molecular weight is 264 g/mol. The summed E-state index contributed by atoms with van der Waals surface area (Å²) in [7, 11) is -1.63. The molecular weight excluding hydrogens is 243 g/mol. The minimum Gasteiger partial charge on any atom is -0.402 e. The Bertz CT molecular complexity index is 489. The van der Waals surface area contributed by atoms with E-state index in [0.717, 1.165) is 11.1 Å². The average Bonchev–Trinajstić information content (AvgIpc) is 2.16. The van der Waals surface area contributed by atoms with Gasteiger partial charge in [-0.3, -0.25) is 0 Å². The first kappa shape index (κ1) is 14.9. The second kappa shape index (κ2) is 5.25. The highest BCUT2D eigenvalue weighted by Crippen LogP contribution is 2.17. The summed E-state index contributed by atoms with van der Waals surface area (Å²) < 4.78 is 19.1. The van der Waals surface area contributed by atoms with Crippen molar-refractivity contribution in [3.8, 4) is 11.8 Å². The fourth-order valence-corrected chi connectivity index (χ4v) is 3.32. The number of halogens is 1. The minimum atomic E-state index is -1.63. The van der Waals surface area contributed by atoms with Crippen LogP contribution in [0.25, 0.3) is 0 Å². The lowest BCUT2D eigenvalue weighted by Crippen LogP contribution is -2.37. The summed E-state index contributed by atoms with van der Waals surface area (Å²) in [6.07, 6.45) is 0. The van der Waals surface area contributed by atoms with Gasteiger partial charge >= 0.3 is 0 Å². The fourth-order valence-electron chi connectivity index (χ4n) is 1.74. The Morgan fingerprint density at radius 2 is 1.83 bits per heavy atom. The molecule has 1 aromatic rings. The number of aryl methyl sites for hydroxylation is 1. The second-order valence-electron chi connectivity index (χ2n) is 5.93. The molecule has 0 aliphatic carbocycles. The molecule has 3 heteroatoms. The zero-order valence-electron chi connectivity index (χ0n) is 12.0. The van der Waals surface area contributed by atoms with Gasteiger partial charge in [-0.1, -0.05) is 17.9 Å². The molecule has 0 saturated heterocycles. The molecule has 0 saturated carbocycles. The van der Waals surface area contributed by atoms with Gasteiger partial charge in [0.25, 0.3) is 0 Å². The topological polar surface area (TPSA) is 9.23 Å². The van der Waals surface area contributed by atoms with Crippen molar-refractivity contribution in [3.63, 3.8) is 0 Å². The first-order valence-corrected chi connectivity index (χ1v) is 9.49. The van der Waals surface area contributed by atoms with Crippen molar-refractivity contribution in [1.29, 1.82) is 0 Å². The summed E-state index contributed by atoms with van der Waals surface area (Å²) in [5, 5.41) is 0. The summed E-state index contributed by atoms with van der Waals surface area (Å²) in [6, 6.07) is 4.66. The maximum absolute atomic E-state index is 13.1. The molecule has 0 fully saturated rings. The van der Waals surface area contributed by atoms with Crippen LogP contribution in [-0.2, 0) is 4.43 Å². The van der Waals surface area contributed by atoms with E-state index in [1.54, 1.807) is 6.07 Å². The second-order valence-corrected chi connectivity index (χ2v) is 10.4. The molecule has 0 aromatic heterocycles. The standard InChI is InChI=1S/C15H21FOSi/c1-12-7-8-14(16)11-13(12)9-10-15(2,3)17-18(4,5)6/h7-8,11H,1-6H3. The molecule has 0 radical (unpaired) electrons. The first-order valence-electron chi connectivity index (χ1n) is 6.09. The third kappa shape index (κ3) is 5.03. The van der Waals surface area contributed by atoms with Crippen LogP contribution in [0.5, 0.6) is 0 Å². The molecule has 98 valence electrons. The molecular formula is C15H21FOSi. The van der Waals surface area contributed by atoms with E-state index in [1.165, 1.54) is 12.1 Å². The van der Waals surface area contributed by atoms with Crippen LogP contribution in [0.2, 0.25) is 19.6 Å². The van der Waals surface area contributed by atoms with E-state index in [-0.39, 0.29) is 5.82 Å². The highest BCUT2D eigenvalue weighted by atomic mass is 28.4. The van der Waals surface area contributed by atoms with E-state index in [0.29, 0.717) is 0 Å². The lowest BCUT2D eigenvalue weighted by Gasteiger charge is -2.28. The molecule has 0 aliphatic heterocycles. The summed E-state index contributed by atoms with van der Waals surface area (Å²) in [6.45, 7) is 12.2. The third-order valence-electron chi connectivity index (χ3n) is 2.26. The lowest BCUT2D eigenvalue weighted by molar-refractivity contribution is 0.164. The smallest absolute Gasteiger partial charge is 0.185 e. The number of rotatable bonds is 2. The highest BCUT2D eigenvalue weighted by Gasteiger charge is 2.25. The normalized spacial score (nSPS) is 11.9. The number of benzene rings is 1. The molecule has 0 spiro atoms. The minimum absolute atomic E-state index is 0.256. The molecule has 18 heavy (non-hydrogen) atoms. The lowest BCUT2D eigenvalue weighted by atomic mass is 10.1. The van der Waals surface area contributed by atoms with E-state index in [1.807, 2.05) is 20.8 Å². The van der Waals surface area contributed by atoms with Crippen LogP contribution >= 0.6 is 0 Å². The van der Waals surface area contributed by atoms with Gasteiger partial charge in [-0.25, -0.2) is 4.39 Å². The molecule has 0 aliphatic rings. The molecule has 0 atom stereocenters. The van der Waals surface area contributed by atoms with Gasteiger partial charge < -0.3 is 4.43 Å². The van der Waals surface area contributed by atoms with Crippen LogP contribution in [0, 0.1) is 24.6 Å². The summed E-state index contributed by atoms with van der Waals surface area (Å²) in [5.41, 5.74) is 1.21. The largest absolute Gasteiger partial charge is 0.402 e. The molecule has 0 N–H and O–H groups in total. The van der Waals surface area contributed by atoms with Gasteiger partial charge in [0.2, 0.25) is 0 Å². The van der Waals surface area contributed by atoms with Crippen LogP contribution in [0.3, 0.4) is 0 Å². The van der Waals surface area contributed by atoms with Crippen molar-refractivity contribution in [2.45, 2.75) is 46.0 Å². The molecule has 0 heterocycles. The van der Waals surface area contributed by atoms with Gasteiger partial charge in [0.1, 0.15) is 11.4 Å². The Kier molecular flexibility index (Phi) is 4.36. The molecule has 0 unspecified atom stereocenters. The maximum Gasteiger partial charge on any atom is 0.185 e. The summed E-state index contributed by atoms with van der Waals surface area (Å²) in [5.74, 6) is 5.86. The van der Waals surface area contributed by atoms with E-state index in [2.05, 4.69) is 31.5 Å². The van der Waals surface area contributed by atoms with Gasteiger partial charge in [-0.2, -0.15) is 0 Å². The molecule has 0 amide bonds. The third-order valence-corrected chi connectivity index (χ3v) is 3.38. The monoisotopic (exact) mass is 264 g/mol. The number of hydrogen-bond donors (Lipinski definition) is 0. The van der Waals surface area contributed by atoms with Crippen molar-refractivity contribution < 1.29 is 8.82 Å². The van der Waals surface area contributed by atoms with Crippen molar-refractivity contribution in [2.75, 3.05) is 0 Å². The summed E-state index contributed by atoms with van der Waals surface area (Å²) >= 11 is 0. The fraction of sp³-hybridized carbons (Fsp3) is 0.467. The Morgan fingerprint density at radius 1 is 1.22 bits per heavy atom. The van der Waals surface area contributed by atoms with Crippen LogP contribution in [0.4, 0.5) is 4.39 Å². The Labute approximate surface area is 110 Å². The predicted molar refractivity (Wildman–Crippen MR) is 76.5 cm³/mol. The maximum atomic E-state index is 13.1. The van der Waals surface area contributed by atoms with Crippen molar-refractivity contribution in [2.24, 2.45) is 0 Å². The van der Waals surface area contributed by atoms with Crippen molar-refractivity contribution >= 4 is 8.32 Å². The Morgan fingerprint density at radius 3 is 2.39 bits per heavy atom. The molecule has 0 bridgehead atoms. The van der Waals surface area contributed by atoms with Crippen LogP contribution in [0.15, 0.2) is 18.2 Å². The van der Waals surface area contributed by atoms with Gasteiger partial charge in [0, 0.05) is 5.56 Å². The van der Waals surface area contributed by atoms with E-state index < -0.39 is 13.9 Å². The SMILES string of the molecule is Cc1ccc(F)cc1C#CC(C)(C)O[Si](C)(C)C. The molecule has 1 aromatic carbocycles. The van der Waals surface area contributed by atoms with Crippen LogP contribution in [0.1, 0.15) is 25.0 Å². The van der Waals surface area contributed by atoms with Gasteiger partial charge in [-0.05, 0) is 58.1 Å². The van der Waals surface area contributed by atoms with Gasteiger partial charge in [0.15, 0.2) is 8.32 Å². The predicted octanol–water partition coefficient (Wildman–Crippen LogP) is 4.12. The highest BCUT2D eigenvalue weighted by molar-refractivity contribution is 6.69. The van der Waals surface area contributed by atoms with E-state index in [4.69, 9.17) is 4.43 Å². The first-order chi connectivity index (χ1) is 8.09. The van der Waals surface area contributed by atoms with Crippen molar-refractivity contribution in [3.05, 3.63) is 35.1 Å². The Balaban J connectivity index is 2.97. The van der Waals surface area contributed by atoms with Crippen LogP contribution in [-0.4, -0.2) is 13.9 Å². The molecule has 1 rings (SSSR count). The quantitative estimate of drug-likeness (QED) is 0.577.